The van der Waals surface area contributed by atoms with Crippen LogP contribution >= 0.6 is 0 Å². The van der Waals surface area contributed by atoms with Crippen molar-refractivity contribution in [2.24, 2.45) is 0 Å². The molecule has 0 unspecified atom stereocenters. The van der Waals surface area contributed by atoms with Gasteiger partial charge in [-0.2, -0.15) is 13.2 Å². The van der Waals surface area contributed by atoms with Crippen molar-refractivity contribution in [3.8, 4) is 0 Å². The first kappa shape index (κ1) is 18.3. The van der Waals surface area contributed by atoms with Crippen molar-refractivity contribution in [3.63, 3.8) is 0 Å². The lowest BCUT2D eigenvalue weighted by Gasteiger charge is -2.24. The predicted octanol–water partition coefficient (Wildman–Crippen LogP) is 1.56. The molecular formula is C16H19F3N2O3. The first-order valence-electron chi connectivity index (χ1n) is 7.48. The van der Waals surface area contributed by atoms with Crippen molar-refractivity contribution in [3.05, 3.63) is 35.9 Å². The zero-order valence-corrected chi connectivity index (χ0v) is 13.1. The fourth-order valence-corrected chi connectivity index (χ4v) is 2.73. The van der Waals surface area contributed by atoms with E-state index in [0.717, 1.165) is 0 Å². The molecule has 0 radical (unpaired) electrons. The summed E-state index contributed by atoms with van der Waals surface area (Å²) in [6, 6.07) is 7.91. The molecule has 2 rings (SSSR count). The number of hydrogen-bond acceptors (Lipinski definition) is 3. The van der Waals surface area contributed by atoms with E-state index < -0.39 is 36.2 Å². The van der Waals surface area contributed by atoms with Gasteiger partial charge in [-0.15, -0.1) is 0 Å². The van der Waals surface area contributed by atoms with Crippen molar-refractivity contribution in [2.75, 3.05) is 13.1 Å². The van der Waals surface area contributed by atoms with Gasteiger partial charge in [0.2, 0.25) is 11.8 Å². The van der Waals surface area contributed by atoms with Gasteiger partial charge in [-0.1, -0.05) is 30.3 Å². The van der Waals surface area contributed by atoms with Crippen LogP contribution in [-0.2, 0) is 15.2 Å². The molecule has 1 aliphatic rings. The van der Waals surface area contributed by atoms with Crippen LogP contribution in [0.5, 0.6) is 0 Å². The Bertz CT molecular complexity index is 602. The number of likely N-dealkylation sites (tertiary alicyclic amines) is 1. The van der Waals surface area contributed by atoms with Gasteiger partial charge in [-0.3, -0.25) is 9.59 Å². The van der Waals surface area contributed by atoms with Crippen LogP contribution in [0.1, 0.15) is 25.3 Å². The zero-order chi connectivity index (χ0) is 18.0. The Morgan fingerprint density at radius 2 is 1.96 bits per heavy atom. The number of nitrogens with zero attached hydrogens (tertiary/aromatic N) is 1. The number of aliphatic hydroxyl groups is 1. The maximum absolute atomic E-state index is 12.4. The fraction of sp³-hybridized carbons (Fsp3) is 0.500. The maximum Gasteiger partial charge on any atom is 0.406 e. The molecule has 1 saturated heterocycles. The Morgan fingerprint density at radius 3 is 2.54 bits per heavy atom. The quantitative estimate of drug-likeness (QED) is 0.852. The molecule has 24 heavy (non-hydrogen) atoms. The molecule has 0 spiro atoms. The van der Waals surface area contributed by atoms with Gasteiger partial charge in [0.25, 0.3) is 0 Å². The van der Waals surface area contributed by atoms with E-state index in [-0.39, 0.29) is 19.4 Å². The highest BCUT2D eigenvalue weighted by Gasteiger charge is 2.39. The number of hydrogen-bond donors (Lipinski definition) is 2. The van der Waals surface area contributed by atoms with Crippen molar-refractivity contribution in [1.29, 1.82) is 0 Å². The highest BCUT2D eigenvalue weighted by Crippen LogP contribution is 2.25. The van der Waals surface area contributed by atoms with Crippen LogP contribution in [0.25, 0.3) is 0 Å². The summed E-state index contributed by atoms with van der Waals surface area (Å²) >= 11 is 0. The van der Waals surface area contributed by atoms with E-state index in [4.69, 9.17) is 0 Å². The van der Waals surface area contributed by atoms with Crippen LogP contribution in [0.3, 0.4) is 0 Å². The summed E-state index contributed by atoms with van der Waals surface area (Å²) in [5.74, 6) is -1.16. The molecule has 2 atom stereocenters. The lowest BCUT2D eigenvalue weighted by atomic mass is 9.92. The van der Waals surface area contributed by atoms with Crippen molar-refractivity contribution >= 4 is 11.8 Å². The van der Waals surface area contributed by atoms with Crippen molar-refractivity contribution in [1.82, 2.24) is 10.2 Å². The van der Waals surface area contributed by atoms with Crippen LogP contribution in [-0.4, -0.2) is 47.1 Å². The molecule has 2 amide bonds. The second kappa shape index (κ2) is 6.80. The summed E-state index contributed by atoms with van der Waals surface area (Å²) in [5.41, 5.74) is -0.846. The van der Waals surface area contributed by atoms with Crippen LogP contribution in [0, 0.1) is 0 Å². The molecule has 0 aromatic heterocycles. The third-order valence-electron chi connectivity index (χ3n) is 3.85. The van der Waals surface area contributed by atoms with Crippen LogP contribution in [0.4, 0.5) is 13.2 Å². The summed E-state index contributed by atoms with van der Waals surface area (Å²) in [4.78, 5) is 24.3. The normalized spacial score (nSPS) is 20.8. The smallest absolute Gasteiger partial charge is 0.385 e. The van der Waals surface area contributed by atoms with Crippen molar-refractivity contribution < 1.29 is 27.9 Å². The standard InChI is InChI=1S/C16H19F3N2O3/c1-15(24,11-5-3-2-4-6-11)8-13(22)20-12-7-14(23)21(9-12)10-16(17,18)19/h2-6,12,24H,7-10H2,1H3,(H,20,22)/t12-,15+/m0/s1. The average Bonchev–Trinajstić information content (AvgIpc) is 2.76. The first-order valence-corrected chi connectivity index (χ1v) is 7.48. The third-order valence-corrected chi connectivity index (χ3v) is 3.85. The maximum atomic E-state index is 12.4. The number of benzene rings is 1. The molecule has 2 N–H and O–H groups in total. The third kappa shape index (κ3) is 4.95. The Morgan fingerprint density at radius 1 is 1.33 bits per heavy atom. The molecule has 0 bridgehead atoms. The van der Waals surface area contributed by atoms with Gasteiger partial charge in [0.1, 0.15) is 6.54 Å². The minimum absolute atomic E-state index is 0.171. The molecule has 1 aromatic rings. The van der Waals surface area contributed by atoms with Gasteiger partial charge < -0.3 is 15.3 Å². The average molecular weight is 344 g/mol. The van der Waals surface area contributed by atoms with E-state index in [1.807, 2.05) is 0 Å². The summed E-state index contributed by atoms with van der Waals surface area (Å²) in [6.07, 6.45) is -4.89. The minimum Gasteiger partial charge on any atom is -0.385 e. The number of rotatable bonds is 5. The van der Waals surface area contributed by atoms with Gasteiger partial charge in [0.05, 0.1) is 18.1 Å². The van der Waals surface area contributed by atoms with E-state index >= 15 is 0 Å². The fourth-order valence-electron chi connectivity index (χ4n) is 2.73. The molecule has 1 fully saturated rings. The van der Waals surface area contributed by atoms with Crippen molar-refractivity contribution in [2.45, 2.75) is 37.6 Å². The Kier molecular flexibility index (Phi) is 5.17. The Hall–Kier alpha value is -2.09. The molecule has 132 valence electrons. The van der Waals surface area contributed by atoms with Crippen LogP contribution < -0.4 is 5.32 Å². The van der Waals surface area contributed by atoms with E-state index in [9.17, 15) is 27.9 Å². The molecule has 1 aromatic carbocycles. The number of alkyl halides is 3. The summed E-state index contributed by atoms with van der Waals surface area (Å²) in [6.45, 7) is -0.0187. The second-order valence-electron chi connectivity index (χ2n) is 6.17. The Labute approximate surface area is 137 Å². The minimum atomic E-state index is -4.47. The summed E-state index contributed by atoms with van der Waals surface area (Å²) in [5, 5.41) is 12.9. The van der Waals surface area contributed by atoms with Gasteiger partial charge in [0.15, 0.2) is 0 Å². The number of nitrogens with one attached hydrogen (secondary N) is 1. The summed E-state index contributed by atoms with van der Waals surface area (Å²) in [7, 11) is 0. The van der Waals surface area contributed by atoms with E-state index in [2.05, 4.69) is 5.32 Å². The van der Waals surface area contributed by atoms with E-state index in [1.54, 1.807) is 30.3 Å². The topological polar surface area (TPSA) is 69.6 Å². The lowest BCUT2D eigenvalue weighted by Crippen LogP contribution is -2.41. The van der Waals surface area contributed by atoms with E-state index in [1.165, 1.54) is 6.92 Å². The summed E-state index contributed by atoms with van der Waals surface area (Å²) < 4.78 is 37.1. The first-order chi connectivity index (χ1) is 11.1. The van der Waals surface area contributed by atoms with Gasteiger partial charge in [-0.25, -0.2) is 0 Å². The molecule has 1 aliphatic heterocycles. The lowest BCUT2D eigenvalue weighted by molar-refractivity contribution is -0.157. The molecule has 1 heterocycles. The highest BCUT2D eigenvalue weighted by molar-refractivity contribution is 5.82. The zero-order valence-electron chi connectivity index (χ0n) is 13.1. The SMILES string of the molecule is C[C@@](O)(CC(=O)N[C@H]1CC(=O)N(CC(F)(F)F)C1)c1ccccc1. The largest absolute Gasteiger partial charge is 0.406 e. The van der Waals surface area contributed by atoms with Gasteiger partial charge >= 0.3 is 6.18 Å². The number of amides is 2. The van der Waals surface area contributed by atoms with Gasteiger partial charge in [0, 0.05) is 13.0 Å². The van der Waals surface area contributed by atoms with Gasteiger partial charge in [-0.05, 0) is 12.5 Å². The molecular weight excluding hydrogens is 325 g/mol. The van der Waals surface area contributed by atoms with Crippen LogP contribution in [0.15, 0.2) is 30.3 Å². The monoisotopic (exact) mass is 344 g/mol. The second-order valence-corrected chi connectivity index (χ2v) is 6.17. The Balaban J connectivity index is 1.90. The number of halogens is 3. The predicted molar refractivity (Wildman–Crippen MR) is 79.8 cm³/mol. The van der Waals surface area contributed by atoms with E-state index in [0.29, 0.717) is 10.5 Å². The van der Waals surface area contributed by atoms with Crippen LogP contribution in [0.2, 0.25) is 0 Å². The molecule has 0 aliphatic carbocycles. The molecule has 0 saturated carbocycles. The number of carbonyl (C=O) groups is 2. The molecule has 5 nitrogen and oxygen atoms in total. The number of carbonyl (C=O) groups excluding carboxylic acids is 2. The highest BCUT2D eigenvalue weighted by atomic mass is 19.4. The molecule has 8 heteroatoms.